The van der Waals surface area contributed by atoms with Gasteiger partial charge in [0.1, 0.15) is 10.8 Å². The molecule has 4 heteroatoms. The Labute approximate surface area is 127 Å². The van der Waals surface area contributed by atoms with Crippen LogP contribution in [0.3, 0.4) is 0 Å². The number of pyridine rings is 1. The molecule has 2 N–H and O–H groups in total. The molecule has 0 bridgehead atoms. The Hall–Kier alpha value is -1.16. The number of hydrogen-bond donors (Lipinski definition) is 1. The highest BCUT2D eigenvalue weighted by Gasteiger charge is 2.25. The Kier molecular flexibility index (Phi) is 5.35. The third-order valence-corrected chi connectivity index (χ3v) is 4.26. The van der Waals surface area contributed by atoms with Gasteiger partial charge < -0.3 is 10.6 Å². The number of hydrogen-bond acceptors (Lipinski definition) is 3. The SMILES string of the molecule is CC(C)CCN(c1ncccc1C(N)=S)C1CCCC1. The first-order chi connectivity index (χ1) is 9.59. The molecule has 0 unspecified atom stereocenters. The van der Waals surface area contributed by atoms with Gasteiger partial charge in [-0.1, -0.05) is 38.9 Å². The van der Waals surface area contributed by atoms with Crippen molar-refractivity contribution in [1.29, 1.82) is 0 Å². The number of anilines is 1. The second-order valence-electron chi connectivity index (χ2n) is 6.05. The lowest BCUT2D eigenvalue weighted by Crippen LogP contribution is -2.37. The van der Waals surface area contributed by atoms with Crippen LogP contribution in [0, 0.1) is 5.92 Å². The predicted octanol–water partition coefficient (Wildman–Crippen LogP) is 3.51. The Morgan fingerprint density at radius 3 is 2.75 bits per heavy atom. The molecule has 1 aromatic rings. The molecule has 1 aliphatic carbocycles. The summed E-state index contributed by atoms with van der Waals surface area (Å²) in [6, 6.07) is 4.49. The third-order valence-electron chi connectivity index (χ3n) is 4.04. The number of nitrogens with zero attached hydrogens (tertiary/aromatic N) is 2. The average molecular weight is 291 g/mol. The van der Waals surface area contributed by atoms with E-state index in [2.05, 4.69) is 23.7 Å². The van der Waals surface area contributed by atoms with Crippen LogP contribution >= 0.6 is 12.2 Å². The number of thiocarbonyl (C=S) groups is 1. The fraction of sp³-hybridized carbons (Fsp3) is 0.625. The van der Waals surface area contributed by atoms with Crippen molar-refractivity contribution in [3.05, 3.63) is 23.9 Å². The minimum absolute atomic E-state index is 0.445. The summed E-state index contributed by atoms with van der Waals surface area (Å²) in [5.74, 6) is 1.67. The fourth-order valence-electron chi connectivity index (χ4n) is 2.89. The van der Waals surface area contributed by atoms with Crippen molar-refractivity contribution in [2.24, 2.45) is 11.7 Å². The first-order valence-electron chi connectivity index (χ1n) is 7.61. The largest absolute Gasteiger partial charge is 0.389 e. The van der Waals surface area contributed by atoms with Crippen molar-refractivity contribution in [3.63, 3.8) is 0 Å². The maximum absolute atomic E-state index is 5.87. The van der Waals surface area contributed by atoms with Gasteiger partial charge >= 0.3 is 0 Å². The van der Waals surface area contributed by atoms with E-state index in [1.54, 1.807) is 0 Å². The molecule has 0 aromatic carbocycles. The van der Waals surface area contributed by atoms with E-state index in [9.17, 15) is 0 Å². The summed E-state index contributed by atoms with van der Waals surface area (Å²) >= 11 is 5.19. The van der Waals surface area contributed by atoms with E-state index in [-0.39, 0.29) is 0 Å². The Balaban J connectivity index is 2.27. The molecule has 0 saturated heterocycles. The molecule has 0 atom stereocenters. The van der Waals surface area contributed by atoms with Crippen LogP contribution in [0.5, 0.6) is 0 Å². The van der Waals surface area contributed by atoms with Crippen LogP contribution in [0.2, 0.25) is 0 Å². The summed E-state index contributed by atoms with van der Waals surface area (Å²) in [4.78, 5) is 7.47. The van der Waals surface area contributed by atoms with Crippen LogP contribution < -0.4 is 10.6 Å². The molecule has 0 aliphatic heterocycles. The van der Waals surface area contributed by atoms with Gasteiger partial charge in [-0.3, -0.25) is 0 Å². The van der Waals surface area contributed by atoms with Crippen LogP contribution in [0.15, 0.2) is 18.3 Å². The van der Waals surface area contributed by atoms with Gasteiger partial charge in [-0.05, 0) is 37.3 Å². The highest BCUT2D eigenvalue weighted by molar-refractivity contribution is 7.80. The highest BCUT2D eigenvalue weighted by Crippen LogP contribution is 2.29. The second kappa shape index (κ2) is 7.02. The predicted molar refractivity (Wildman–Crippen MR) is 89.2 cm³/mol. The van der Waals surface area contributed by atoms with E-state index in [1.807, 2.05) is 18.3 Å². The Morgan fingerprint density at radius 1 is 1.45 bits per heavy atom. The van der Waals surface area contributed by atoms with E-state index in [0.717, 1.165) is 17.9 Å². The number of rotatable bonds is 6. The van der Waals surface area contributed by atoms with Crippen molar-refractivity contribution >= 4 is 23.0 Å². The highest BCUT2D eigenvalue weighted by atomic mass is 32.1. The molecule has 110 valence electrons. The van der Waals surface area contributed by atoms with Crippen molar-refractivity contribution in [2.75, 3.05) is 11.4 Å². The van der Waals surface area contributed by atoms with Gasteiger partial charge in [0, 0.05) is 18.8 Å². The minimum atomic E-state index is 0.445. The average Bonchev–Trinajstić information content (AvgIpc) is 2.93. The van der Waals surface area contributed by atoms with Gasteiger partial charge in [0.2, 0.25) is 0 Å². The lowest BCUT2D eigenvalue weighted by Gasteiger charge is -2.32. The Morgan fingerprint density at radius 2 is 2.15 bits per heavy atom. The summed E-state index contributed by atoms with van der Waals surface area (Å²) in [5, 5.41) is 0. The molecule has 1 aromatic heterocycles. The van der Waals surface area contributed by atoms with Gasteiger partial charge in [-0.25, -0.2) is 4.98 Å². The molecule has 0 radical (unpaired) electrons. The van der Waals surface area contributed by atoms with Crippen LogP contribution in [0.4, 0.5) is 5.82 Å². The molecule has 20 heavy (non-hydrogen) atoms. The molecule has 3 nitrogen and oxygen atoms in total. The van der Waals surface area contributed by atoms with E-state index in [1.165, 1.54) is 32.1 Å². The van der Waals surface area contributed by atoms with Crippen molar-refractivity contribution < 1.29 is 0 Å². The van der Waals surface area contributed by atoms with Crippen molar-refractivity contribution in [1.82, 2.24) is 4.98 Å². The van der Waals surface area contributed by atoms with Crippen LogP contribution in [-0.2, 0) is 0 Å². The molecule has 1 fully saturated rings. The van der Waals surface area contributed by atoms with Gasteiger partial charge in [-0.15, -0.1) is 0 Å². The molecule has 0 spiro atoms. The lowest BCUT2D eigenvalue weighted by atomic mass is 10.1. The summed E-state index contributed by atoms with van der Waals surface area (Å²) in [5.41, 5.74) is 6.79. The zero-order valence-electron chi connectivity index (χ0n) is 12.5. The van der Waals surface area contributed by atoms with Gasteiger partial charge in [-0.2, -0.15) is 0 Å². The maximum Gasteiger partial charge on any atom is 0.139 e. The fourth-order valence-corrected chi connectivity index (χ4v) is 3.05. The second-order valence-corrected chi connectivity index (χ2v) is 6.49. The number of nitrogens with two attached hydrogens (primary N) is 1. The summed E-state index contributed by atoms with van der Waals surface area (Å²) in [6.07, 6.45) is 8.16. The molecule has 1 saturated carbocycles. The normalized spacial score (nSPS) is 15.8. The van der Waals surface area contributed by atoms with Gasteiger partial charge in [0.05, 0.1) is 5.56 Å². The standard InChI is InChI=1S/C16H25N3S/c1-12(2)9-11-19(13-6-3-4-7-13)16-14(15(17)20)8-5-10-18-16/h5,8,10,12-13H,3-4,6-7,9,11H2,1-2H3,(H2,17,20). The van der Waals surface area contributed by atoms with Gasteiger partial charge in [0.25, 0.3) is 0 Å². The smallest absolute Gasteiger partial charge is 0.139 e. The molecule has 1 heterocycles. The molecule has 2 rings (SSSR count). The minimum Gasteiger partial charge on any atom is -0.389 e. The third kappa shape index (κ3) is 3.69. The Bertz CT molecular complexity index is 453. The number of aromatic nitrogens is 1. The maximum atomic E-state index is 5.87. The van der Waals surface area contributed by atoms with E-state index in [0.29, 0.717) is 16.9 Å². The topological polar surface area (TPSA) is 42.2 Å². The molecule has 0 amide bonds. The lowest BCUT2D eigenvalue weighted by molar-refractivity contribution is 0.525. The first-order valence-corrected chi connectivity index (χ1v) is 8.02. The van der Waals surface area contributed by atoms with Crippen molar-refractivity contribution in [2.45, 2.75) is 52.0 Å². The summed E-state index contributed by atoms with van der Waals surface area (Å²) in [7, 11) is 0. The van der Waals surface area contributed by atoms with E-state index >= 15 is 0 Å². The van der Waals surface area contributed by atoms with Crippen molar-refractivity contribution in [3.8, 4) is 0 Å². The first kappa shape index (κ1) is 15.2. The summed E-state index contributed by atoms with van der Waals surface area (Å²) < 4.78 is 0. The zero-order chi connectivity index (χ0) is 14.5. The molecule has 1 aliphatic rings. The van der Waals surface area contributed by atoms with E-state index < -0.39 is 0 Å². The molecular weight excluding hydrogens is 266 g/mol. The molecular formula is C16H25N3S. The van der Waals surface area contributed by atoms with Crippen LogP contribution in [-0.4, -0.2) is 22.6 Å². The van der Waals surface area contributed by atoms with Crippen LogP contribution in [0.1, 0.15) is 51.5 Å². The summed E-state index contributed by atoms with van der Waals surface area (Å²) in [6.45, 7) is 5.56. The quantitative estimate of drug-likeness (QED) is 0.814. The van der Waals surface area contributed by atoms with Crippen LogP contribution in [0.25, 0.3) is 0 Å². The monoisotopic (exact) mass is 291 g/mol. The zero-order valence-corrected chi connectivity index (χ0v) is 13.3. The van der Waals surface area contributed by atoms with E-state index in [4.69, 9.17) is 18.0 Å². The van der Waals surface area contributed by atoms with Gasteiger partial charge in [0.15, 0.2) is 0 Å².